The fourth-order valence-corrected chi connectivity index (χ4v) is 7.59. The SMILES string of the molecule is Cc1ccc(C(=O)COC(=O)c2cc(-c3ccc(N4C(=O)C5C6CCC(C6)C5C4=O)cc3)nc3c(C)c(Cl)ccc23)cc1[N+](=O)[O-]. The van der Waals surface area contributed by atoms with Crippen LogP contribution in [-0.4, -0.2) is 40.1 Å². The van der Waals surface area contributed by atoms with E-state index in [-0.39, 0.29) is 52.3 Å². The van der Waals surface area contributed by atoms with E-state index in [4.69, 9.17) is 21.3 Å². The summed E-state index contributed by atoms with van der Waals surface area (Å²) in [6.07, 6.45) is 2.97. The maximum absolute atomic E-state index is 13.4. The van der Waals surface area contributed by atoms with Crippen molar-refractivity contribution in [3.8, 4) is 11.3 Å². The lowest BCUT2D eigenvalue weighted by atomic mass is 9.81. The first kappa shape index (κ1) is 29.7. The summed E-state index contributed by atoms with van der Waals surface area (Å²) < 4.78 is 5.41. The molecule has 7 rings (SSSR count). The molecule has 1 aromatic heterocycles. The standard InChI is InChI=1S/C35H28ClN3O7/c1-17-3-4-20(14-28(17)39(44)45)29(40)16-46-35(43)25-15-27(37-32-18(2)26(36)12-11-24(25)32)19-7-9-23(10-8-19)38-33(41)30-21-5-6-22(13-21)31(30)34(38)42/h3-4,7-12,14-15,21-22,30-31H,5-6,13,16H2,1-2H3. The van der Waals surface area contributed by atoms with Gasteiger partial charge in [0.1, 0.15) is 0 Å². The van der Waals surface area contributed by atoms with Gasteiger partial charge in [-0.1, -0.05) is 41.9 Å². The maximum atomic E-state index is 13.4. The van der Waals surface area contributed by atoms with Crippen LogP contribution in [0.15, 0.2) is 60.7 Å². The summed E-state index contributed by atoms with van der Waals surface area (Å²) in [4.78, 5) is 69.7. The number of halogens is 1. The van der Waals surface area contributed by atoms with Gasteiger partial charge in [-0.25, -0.2) is 9.78 Å². The minimum Gasteiger partial charge on any atom is -0.454 e. The molecule has 11 heteroatoms. The molecule has 4 unspecified atom stereocenters. The second-order valence-electron chi connectivity index (χ2n) is 12.3. The first-order valence-corrected chi connectivity index (χ1v) is 15.4. The number of Topliss-reactive ketones (excluding diaryl/α,β-unsaturated/α-hetero) is 1. The van der Waals surface area contributed by atoms with Crippen LogP contribution in [0.2, 0.25) is 5.02 Å². The molecule has 0 N–H and O–H groups in total. The highest BCUT2D eigenvalue weighted by Crippen LogP contribution is 2.56. The van der Waals surface area contributed by atoms with Gasteiger partial charge >= 0.3 is 5.97 Å². The quantitative estimate of drug-likeness (QED) is 0.0722. The van der Waals surface area contributed by atoms with Gasteiger partial charge in [-0.15, -0.1) is 0 Å². The van der Waals surface area contributed by atoms with E-state index in [0.717, 1.165) is 19.3 Å². The highest BCUT2D eigenvalue weighted by molar-refractivity contribution is 6.32. The molecule has 2 amide bonds. The number of aromatic nitrogens is 1. The number of esters is 1. The molecule has 2 saturated carbocycles. The number of amides is 2. The van der Waals surface area contributed by atoms with Crippen molar-refractivity contribution in [3.63, 3.8) is 0 Å². The van der Waals surface area contributed by atoms with Crippen molar-refractivity contribution in [2.24, 2.45) is 23.7 Å². The van der Waals surface area contributed by atoms with Crippen LogP contribution in [-0.2, 0) is 14.3 Å². The number of hydrogen-bond acceptors (Lipinski definition) is 8. The first-order chi connectivity index (χ1) is 22.0. The second-order valence-corrected chi connectivity index (χ2v) is 12.7. The van der Waals surface area contributed by atoms with Crippen LogP contribution in [0.25, 0.3) is 22.2 Å². The van der Waals surface area contributed by atoms with Crippen LogP contribution in [0.3, 0.4) is 0 Å². The lowest BCUT2D eigenvalue weighted by molar-refractivity contribution is -0.385. The summed E-state index contributed by atoms with van der Waals surface area (Å²) in [6, 6.07) is 15.9. The van der Waals surface area contributed by atoms with Crippen LogP contribution in [0.4, 0.5) is 11.4 Å². The number of carbonyl (C=O) groups excluding carboxylic acids is 4. The number of fused-ring (bicyclic) bond motifs is 6. The van der Waals surface area contributed by atoms with Gasteiger partial charge in [-0.3, -0.25) is 29.4 Å². The van der Waals surface area contributed by atoms with Gasteiger partial charge in [-0.05, 0) is 74.8 Å². The number of nitro groups is 1. The number of ether oxygens (including phenoxy) is 1. The average Bonchev–Trinajstić information content (AvgIpc) is 3.74. The van der Waals surface area contributed by atoms with Gasteiger partial charge in [0.15, 0.2) is 6.61 Å². The number of hydrogen-bond donors (Lipinski definition) is 0. The van der Waals surface area contributed by atoms with E-state index in [0.29, 0.717) is 44.0 Å². The Hall–Kier alpha value is -4.96. The second kappa shape index (κ2) is 11.1. The molecule has 2 bridgehead atoms. The Morgan fingerprint density at radius 1 is 0.978 bits per heavy atom. The molecule has 0 radical (unpaired) electrons. The summed E-state index contributed by atoms with van der Waals surface area (Å²) in [5, 5.41) is 12.2. The fourth-order valence-electron chi connectivity index (χ4n) is 7.44. The summed E-state index contributed by atoms with van der Waals surface area (Å²) >= 11 is 6.40. The van der Waals surface area contributed by atoms with Crippen LogP contribution >= 0.6 is 11.6 Å². The molecule has 4 atom stereocenters. The molecular formula is C35H28ClN3O7. The topological polar surface area (TPSA) is 137 Å². The Balaban J connectivity index is 1.17. The molecule has 4 aromatic rings. The van der Waals surface area contributed by atoms with E-state index in [1.165, 1.54) is 23.1 Å². The zero-order valence-electron chi connectivity index (χ0n) is 25.0. The molecule has 1 aliphatic heterocycles. The zero-order chi connectivity index (χ0) is 32.4. The highest BCUT2D eigenvalue weighted by atomic mass is 35.5. The Morgan fingerprint density at radius 3 is 2.30 bits per heavy atom. The van der Waals surface area contributed by atoms with Gasteiger partial charge in [-0.2, -0.15) is 0 Å². The molecule has 0 spiro atoms. The van der Waals surface area contributed by atoms with E-state index in [9.17, 15) is 29.3 Å². The van der Waals surface area contributed by atoms with Crippen molar-refractivity contribution in [1.29, 1.82) is 0 Å². The molecule has 3 fully saturated rings. The van der Waals surface area contributed by atoms with Crippen molar-refractivity contribution in [3.05, 3.63) is 98.1 Å². The van der Waals surface area contributed by atoms with Crippen molar-refractivity contribution in [1.82, 2.24) is 4.98 Å². The van der Waals surface area contributed by atoms with Crippen molar-refractivity contribution in [2.45, 2.75) is 33.1 Å². The third-order valence-corrected chi connectivity index (χ3v) is 10.2. The number of rotatable bonds is 7. The molecule has 232 valence electrons. The molecule has 3 aliphatic rings. The zero-order valence-corrected chi connectivity index (χ0v) is 25.7. The van der Waals surface area contributed by atoms with E-state index in [2.05, 4.69) is 0 Å². The normalized spacial score (nSPS) is 21.6. The predicted octanol–water partition coefficient (Wildman–Crippen LogP) is 6.66. The number of imide groups is 1. The third-order valence-electron chi connectivity index (χ3n) is 9.80. The van der Waals surface area contributed by atoms with Gasteiger partial charge < -0.3 is 4.74 Å². The van der Waals surface area contributed by atoms with Crippen LogP contribution < -0.4 is 4.90 Å². The molecule has 2 heterocycles. The number of anilines is 1. The molecule has 46 heavy (non-hydrogen) atoms. The van der Waals surface area contributed by atoms with E-state index in [1.807, 2.05) is 0 Å². The number of aryl methyl sites for hydroxylation is 2. The Bertz CT molecular complexity index is 1980. The van der Waals surface area contributed by atoms with Crippen LogP contribution in [0.1, 0.15) is 51.1 Å². The Morgan fingerprint density at radius 2 is 1.65 bits per heavy atom. The summed E-state index contributed by atoms with van der Waals surface area (Å²) in [7, 11) is 0. The van der Waals surface area contributed by atoms with E-state index < -0.39 is 23.3 Å². The molecule has 1 saturated heterocycles. The van der Waals surface area contributed by atoms with Crippen molar-refractivity contribution in [2.75, 3.05) is 11.5 Å². The Labute approximate surface area is 268 Å². The third kappa shape index (κ3) is 4.75. The number of benzene rings is 3. The van der Waals surface area contributed by atoms with Gasteiger partial charge in [0.05, 0.1) is 39.2 Å². The van der Waals surface area contributed by atoms with Crippen molar-refractivity contribution < 1.29 is 28.8 Å². The molecule has 10 nitrogen and oxygen atoms in total. The van der Waals surface area contributed by atoms with Gasteiger partial charge in [0, 0.05) is 33.2 Å². The summed E-state index contributed by atoms with van der Waals surface area (Å²) in [5.41, 5.74) is 3.07. The predicted molar refractivity (Wildman–Crippen MR) is 170 cm³/mol. The number of nitrogens with zero attached hydrogens (tertiary/aromatic N) is 3. The lowest BCUT2D eigenvalue weighted by Crippen LogP contribution is -2.32. The van der Waals surface area contributed by atoms with Gasteiger partial charge in [0.2, 0.25) is 17.6 Å². The highest BCUT2D eigenvalue weighted by Gasteiger charge is 2.61. The fraction of sp³-hybridized carbons (Fsp3) is 0.286. The first-order valence-electron chi connectivity index (χ1n) is 15.1. The monoisotopic (exact) mass is 637 g/mol. The number of pyridine rings is 1. The number of carbonyl (C=O) groups is 4. The average molecular weight is 638 g/mol. The number of nitro benzene ring substituents is 1. The minimum atomic E-state index is -0.781. The van der Waals surface area contributed by atoms with Crippen LogP contribution in [0.5, 0.6) is 0 Å². The molecule has 2 aliphatic carbocycles. The van der Waals surface area contributed by atoms with E-state index in [1.54, 1.807) is 56.3 Å². The maximum Gasteiger partial charge on any atom is 0.339 e. The van der Waals surface area contributed by atoms with Crippen LogP contribution in [0, 0.1) is 47.6 Å². The Kier molecular flexibility index (Phi) is 7.20. The number of ketones is 1. The van der Waals surface area contributed by atoms with Crippen molar-refractivity contribution >= 4 is 57.4 Å². The lowest BCUT2D eigenvalue weighted by Gasteiger charge is -2.19. The summed E-state index contributed by atoms with van der Waals surface area (Å²) in [6.45, 7) is 2.72. The molecular weight excluding hydrogens is 610 g/mol. The largest absolute Gasteiger partial charge is 0.454 e. The summed E-state index contributed by atoms with van der Waals surface area (Å²) in [5.74, 6) is -1.48. The molecule has 3 aromatic carbocycles. The van der Waals surface area contributed by atoms with E-state index >= 15 is 0 Å². The minimum absolute atomic E-state index is 0.0549. The smallest absolute Gasteiger partial charge is 0.339 e. The van der Waals surface area contributed by atoms with Gasteiger partial charge in [0.25, 0.3) is 5.69 Å².